The summed E-state index contributed by atoms with van der Waals surface area (Å²) in [4.78, 5) is 12.3. The van der Waals surface area contributed by atoms with Crippen molar-refractivity contribution in [2.45, 2.75) is 6.92 Å². The highest BCUT2D eigenvalue weighted by molar-refractivity contribution is 5.93. The van der Waals surface area contributed by atoms with Crippen LogP contribution in [0.15, 0.2) is 36.4 Å². The summed E-state index contributed by atoms with van der Waals surface area (Å²) in [6.45, 7) is 1.96. The van der Waals surface area contributed by atoms with E-state index >= 15 is 0 Å². The molecular weight excluding hydrogens is 250 g/mol. The molecular formula is C15H13N5. The number of benzene rings is 1. The Morgan fingerprint density at radius 3 is 2.80 bits per heavy atom. The summed E-state index contributed by atoms with van der Waals surface area (Å²) in [5.74, 6) is 0.759. The lowest BCUT2D eigenvalue weighted by atomic mass is 10.2. The second-order valence-electron chi connectivity index (χ2n) is 4.90. The zero-order chi connectivity index (χ0) is 13.7. The van der Waals surface area contributed by atoms with E-state index in [-0.39, 0.29) is 0 Å². The van der Waals surface area contributed by atoms with E-state index in [2.05, 4.69) is 32.2 Å². The van der Waals surface area contributed by atoms with Gasteiger partial charge in [-0.25, -0.2) is 9.97 Å². The average molecular weight is 263 g/mol. The number of rotatable bonds is 1. The normalized spacial score (nSPS) is 11.5. The lowest BCUT2D eigenvalue weighted by Gasteiger charge is -1.91. The maximum atomic E-state index is 4.57. The van der Waals surface area contributed by atoms with E-state index in [0.29, 0.717) is 0 Å². The van der Waals surface area contributed by atoms with Crippen molar-refractivity contribution < 1.29 is 0 Å². The molecule has 0 radical (unpaired) electrons. The highest BCUT2D eigenvalue weighted by Gasteiger charge is 2.14. The van der Waals surface area contributed by atoms with Crippen molar-refractivity contribution in [1.29, 1.82) is 0 Å². The predicted molar refractivity (Wildman–Crippen MR) is 78.3 cm³/mol. The first kappa shape index (κ1) is 11.2. The number of aryl methyl sites for hydroxylation is 2. The molecule has 3 heterocycles. The Morgan fingerprint density at radius 2 is 1.90 bits per heavy atom. The summed E-state index contributed by atoms with van der Waals surface area (Å²) in [6.07, 6.45) is 0. The third-order valence-electron chi connectivity index (χ3n) is 3.47. The lowest BCUT2D eigenvalue weighted by molar-refractivity contribution is 0.798. The molecule has 1 aromatic carbocycles. The molecule has 0 atom stereocenters. The second-order valence-corrected chi connectivity index (χ2v) is 4.90. The molecule has 0 amide bonds. The van der Waals surface area contributed by atoms with Crippen LogP contribution in [0.5, 0.6) is 0 Å². The van der Waals surface area contributed by atoms with Crippen molar-refractivity contribution in [2.24, 2.45) is 7.05 Å². The fourth-order valence-corrected chi connectivity index (χ4v) is 2.49. The van der Waals surface area contributed by atoms with Crippen LogP contribution in [0.1, 0.15) is 5.69 Å². The van der Waals surface area contributed by atoms with Crippen LogP contribution in [0.4, 0.5) is 0 Å². The first-order valence-electron chi connectivity index (χ1n) is 6.48. The minimum Gasteiger partial charge on any atom is -0.335 e. The van der Waals surface area contributed by atoms with Gasteiger partial charge in [0, 0.05) is 18.1 Å². The maximum Gasteiger partial charge on any atom is 0.178 e. The van der Waals surface area contributed by atoms with Gasteiger partial charge in [-0.1, -0.05) is 18.2 Å². The molecule has 5 heteroatoms. The molecule has 4 rings (SSSR count). The van der Waals surface area contributed by atoms with Crippen molar-refractivity contribution >= 4 is 22.1 Å². The molecule has 0 saturated carbocycles. The highest BCUT2D eigenvalue weighted by atomic mass is 15.3. The fourth-order valence-electron chi connectivity index (χ4n) is 2.49. The Balaban J connectivity index is 2.01. The zero-order valence-corrected chi connectivity index (χ0v) is 11.3. The van der Waals surface area contributed by atoms with E-state index in [1.807, 2.05) is 42.9 Å². The van der Waals surface area contributed by atoms with Crippen LogP contribution < -0.4 is 0 Å². The van der Waals surface area contributed by atoms with Crippen LogP contribution in [-0.4, -0.2) is 24.7 Å². The van der Waals surface area contributed by atoms with Gasteiger partial charge < -0.3 is 4.98 Å². The number of hydrogen-bond acceptors (Lipinski definition) is 3. The number of H-pyrrole nitrogens is 1. The number of hydrogen-bond donors (Lipinski definition) is 1. The molecule has 0 fully saturated rings. The standard InChI is InChI=1S/C15H13N5/c1-9-7-8-11-14(16-9)18-15(17-11)13-10-5-3-4-6-12(10)20(2)19-13/h3-8H,1-2H3,(H,16,17,18). The number of para-hydroxylation sites is 1. The molecule has 0 bridgehead atoms. The molecule has 4 aromatic rings. The molecule has 0 aliphatic rings. The average Bonchev–Trinajstić information content (AvgIpc) is 3.00. The molecule has 98 valence electrons. The number of nitrogens with zero attached hydrogens (tertiary/aromatic N) is 4. The maximum absolute atomic E-state index is 4.57. The summed E-state index contributed by atoms with van der Waals surface area (Å²) in [5.41, 5.74) is 4.57. The van der Waals surface area contributed by atoms with E-state index in [1.165, 1.54) is 0 Å². The van der Waals surface area contributed by atoms with Crippen molar-refractivity contribution in [1.82, 2.24) is 24.7 Å². The number of nitrogens with one attached hydrogen (secondary N) is 1. The van der Waals surface area contributed by atoms with Crippen LogP contribution in [0.25, 0.3) is 33.6 Å². The van der Waals surface area contributed by atoms with Crippen molar-refractivity contribution in [3.63, 3.8) is 0 Å². The predicted octanol–water partition coefficient (Wildman–Crippen LogP) is 2.82. The van der Waals surface area contributed by atoms with E-state index in [4.69, 9.17) is 0 Å². The number of aromatic nitrogens is 5. The van der Waals surface area contributed by atoms with E-state index in [9.17, 15) is 0 Å². The number of aromatic amines is 1. The monoisotopic (exact) mass is 263 g/mol. The lowest BCUT2D eigenvalue weighted by Crippen LogP contribution is -1.90. The van der Waals surface area contributed by atoms with E-state index in [1.54, 1.807) is 0 Å². The van der Waals surface area contributed by atoms with Crippen LogP contribution in [-0.2, 0) is 7.05 Å². The third-order valence-corrected chi connectivity index (χ3v) is 3.47. The third kappa shape index (κ3) is 1.53. The molecule has 5 nitrogen and oxygen atoms in total. The minimum atomic E-state index is 0.731. The van der Waals surface area contributed by atoms with Gasteiger partial charge in [-0.3, -0.25) is 4.68 Å². The molecule has 20 heavy (non-hydrogen) atoms. The first-order chi connectivity index (χ1) is 9.72. The second kappa shape index (κ2) is 3.90. The fraction of sp³-hybridized carbons (Fsp3) is 0.133. The molecule has 0 saturated heterocycles. The number of imidazole rings is 1. The summed E-state index contributed by atoms with van der Waals surface area (Å²) in [5, 5.41) is 5.66. The quantitative estimate of drug-likeness (QED) is 0.574. The molecule has 3 aromatic heterocycles. The van der Waals surface area contributed by atoms with E-state index < -0.39 is 0 Å². The van der Waals surface area contributed by atoms with Crippen molar-refractivity contribution in [3.8, 4) is 11.5 Å². The topological polar surface area (TPSA) is 59.4 Å². The van der Waals surface area contributed by atoms with Crippen LogP contribution in [0.3, 0.4) is 0 Å². The Bertz CT molecular complexity index is 932. The van der Waals surface area contributed by atoms with Gasteiger partial charge in [-0.15, -0.1) is 0 Å². The summed E-state index contributed by atoms with van der Waals surface area (Å²) < 4.78 is 1.87. The first-order valence-corrected chi connectivity index (χ1v) is 6.48. The molecule has 0 spiro atoms. The van der Waals surface area contributed by atoms with Gasteiger partial charge in [-0.05, 0) is 25.1 Å². The number of fused-ring (bicyclic) bond motifs is 2. The smallest absolute Gasteiger partial charge is 0.178 e. The van der Waals surface area contributed by atoms with Crippen LogP contribution in [0.2, 0.25) is 0 Å². The van der Waals surface area contributed by atoms with Gasteiger partial charge in [0.2, 0.25) is 0 Å². The summed E-state index contributed by atoms with van der Waals surface area (Å²) in [6, 6.07) is 12.1. The van der Waals surface area contributed by atoms with E-state index in [0.717, 1.165) is 39.3 Å². The Kier molecular flexibility index (Phi) is 2.18. The van der Waals surface area contributed by atoms with Crippen LogP contribution >= 0.6 is 0 Å². The van der Waals surface area contributed by atoms with Gasteiger partial charge in [0.25, 0.3) is 0 Å². The summed E-state index contributed by atoms with van der Waals surface area (Å²) >= 11 is 0. The zero-order valence-electron chi connectivity index (χ0n) is 11.3. The van der Waals surface area contributed by atoms with Crippen molar-refractivity contribution in [3.05, 3.63) is 42.1 Å². The van der Waals surface area contributed by atoms with Crippen LogP contribution in [0, 0.1) is 6.92 Å². The Labute approximate surface area is 115 Å². The van der Waals surface area contributed by atoms with Gasteiger partial charge in [0.15, 0.2) is 11.5 Å². The molecule has 0 unspecified atom stereocenters. The largest absolute Gasteiger partial charge is 0.335 e. The summed E-state index contributed by atoms with van der Waals surface area (Å²) in [7, 11) is 1.94. The molecule has 0 aliphatic carbocycles. The molecule has 0 aliphatic heterocycles. The highest BCUT2D eigenvalue weighted by Crippen LogP contribution is 2.26. The number of pyridine rings is 1. The van der Waals surface area contributed by atoms with Crippen molar-refractivity contribution in [2.75, 3.05) is 0 Å². The Morgan fingerprint density at radius 1 is 1.05 bits per heavy atom. The van der Waals surface area contributed by atoms with Gasteiger partial charge >= 0.3 is 0 Å². The Hall–Kier alpha value is -2.69. The van der Waals surface area contributed by atoms with Gasteiger partial charge in [0.05, 0.1) is 11.0 Å². The SMILES string of the molecule is Cc1ccc2[nH]c(-c3nn(C)c4ccccc34)nc2n1. The minimum absolute atomic E-state index is 0.731. The van der Waals surface area contributed by atoms with Gasteiger partial charge in [0.1, 0.15) is 5.69 Å². The molecule has 1 N–H and O–H groups in total. The van der Waals surface area contributed by atoms with Gasteiger partial charge in [-0.2, -0.15) is 5.10 Å².